The Hall–Kier alpha value is -1.71. The molecule has 6 nitrogen and oxygen atoms in total. The van der Waals surface area contributed by atoms with Gasteiger partial charge in [0.05, 0.1) is 24.3 Å². The molecule has 0 unspecified atom stereocenters. The van der Waals surface area contributed by atoms with Gasteiger partial charge >= 0.3 is 7.60 Å². The van der Waals surface area contributed by atoms with Crippen molar-refractivity contribution in [2.75, 3.05) is 19.8 Å². The molecule has 0 radical (unpaired) electrons. The second-order valence-electron chi connectivity index (χ2n) is 9.65. The monoisotopic (exact) mass is 505 g/mol. The SMILES string of the molecule is CCOP(=O)(OCC)[C@@H](C#C[Si](C(C)C)(C(C)C)C(C)C)CCN1C(=O)c2ccccc2C1=O. The Bertz CT molecular complexity index is 928. The fraction of sp³-hybridized carbons (Fsp3) is 0.615. The summed E-state index contributed by atoms with van der Waals surface area (Å²) in [5.74, 6) is 2.68. The smallest absolute Gasteiger partial charge is 0.308 e. The van der Waals surface area contributed by atoms with Gasteiger partial charge in [0, 0.05) is 6.54 Å². The van der Waals surface area contributed by atoms with Gasteiger partial charge in [-0.1, -0.05) is 59.6 Å². The molecular formula is C26H40NO5PSi. The van der Waals surface area contributed by atoms with Crippen LogP contribution in [0.5, 0.6) is 0 Å². The second kappa shape index (κ2) is 11.8. The average Bonchev–Trinajstić information content (AvgIpc) is 3.00. The Balaban J connectivity index is 2.45. The van der Waals surface area contributed by atoms with E-state index >= 15 is 0 Å². The molecule has 1 heterocycles. The number of hydrogen-bond acceptors (Lipinski definition) is 5. The Morgan fingerprint density at radius 2 is 1.32 bits per heavy atom. The molecule has 2 rings (SSSR count). The van der Waals surface area contributed by atoms with Gasteiger partial charge in [0.15, 0.2) is 0 Å². The maximum atomic E-state index is 13.8. The van der Waals surface area contributed by atoms with Crippen molar-refractivity contribution >= 4 is 27.5 Å². The molecule has 1 aromatic carbocycles. The number of imide groups is 1. The van der Waals surface area contributed by atoms with Crippen LogP contribution in [-0.4, -0.2) is 50.2 Å². The number of hydrogen-bond donors (Lipinski definition) is 0. The maximum Gasteiger partial charge on any atom is 0.345 e. The minimum Gasteiger partial charge on any atom is -0.308 e. The summed E-state index contributed by atoms with van der Waals surface area (Å²) in [5, 5.41) is 0. The van der Waals surface area contributed by atoms with Gasteiger partial charge in [0.25, 0.3) is 11.8 Å². The van der Waals surface area contributed by atoms with E-state index in [-0.39, 0.29) is 38.0 Å². The van der Waals surface area contributed by atoms with E-state index in [0.29, 0.717) is 27.8 Å². The van der Waals surface area contributed by atoms with Crippen LogP contribution in [-0.2, 0) is 13.6 Å². The quantitative estimate of drug-likeness (QED) is 0.148. The van der Waals surface area contributed by atoms with Crippen molar-refractivity contribution < 1.29 is 23.2 Å². The largest absolute Gasteiger partial charge is 0.345 e. The molecule has 0 bridgehead atoms. The highest BCUT2D eigenvalue weighted by atomic mass is 31.2. The lowest BCUT2D eigenvalue weighted by atomic mass is 10.1. The molecule has 188 valence electrons. The molecule has 0 aliphatic carbocycles. The number of rotatable bonds is 11. The predicted octanol–water partition coefficient (Wildman–Crippen LogP) is 6.53. The van der Waals surface area contributed by atoms with E-state index in [4.69, 9.17) is 9.05 Å². The average molecular weight is 506 g/mol. The number of carbonyl (C=O) groups excluding carboxylic acids is 2. The molecule has 2 amide bonds. The van der Waals surface area contributed by atoms with Gasteiger partial charge in [-0.15, -0.1) is 5.54 Å². The zero-order chi connectivity index (χ0) is 25.7. The van der Waals surface area contributed by atoms with E-state index < -0.39 is 21.3 Å². The van der Waals surface area contributed by atoms with Crippen molar-refractivity contribution in [2.45, 2.75) is 84.1 Å². The summed E-state index contributed by atoms with van der Waals surface area (Å²) in [6, 6.07) is 6.81. The predicted molar refractivity (Wildman–Crippen MR) is 140 cm³/mol. The summed E-state index contributed by atoms with van der Waals surface area (Å²) in [6.45, 7) is 17.4. The van der Waals surface area contributed by atoms with E-state index in [1.807, 2.05) is 0 Å². The highest BCUT2D eigenvalue weighted by molar-refractivity contribution is 7.55. The van der Waals surface area contributed by atoms with Gasteiger partial charge in [-0.3, -0.25) is 19.1 Å². The number of amides is 2. The molecule has 8 heteroatoms. The first-order chi connectivity index (χ1) is 16.0. The first-order valence-electron chi connectivity index (χ1n) is 12.3. The minimum atomic E-state index is -3.58. The standard InChI is InChI=1S/C26H40NO5PSi/c1-9-31-33(30,32-10-2)22(16-18-34(19(3)4,20(5)6)21(7)8)15-17-27-25(28)23-13-11-12-14-24(23)26(27)29/h11-14,19-22H,9-10,15,17H2,1-8H3/t22-/m1/s1. The Morgan fingerprint density at radius 3 is 1.71 bits per heavy atom. The van der Waals surface area contributed by atoms with Gasteiger partial charge in [0.2, 0.25) is 0 Å². The first-order valence-corrected chi connectivity index (χ1v) is 16.2. The summed E-state index contributed by atoms with van der Waals surface area (Å²) in [5.41, 5.74) is 4.96. The van der Waals surface area contributed by atoms with Crippen molar-refractivity contribution in [2.24, 2.45) is 0 Å². The third-order valence-corrected chi connectivity index (χ3v) is 15.5. The van der Waals surface area contributed by atoms with Crippen LogP contribution in [0.3, 0.4) is 0 Å². The number of fused-ring (bicyclic) bond motifs is 1. The zero-order valence-corrected chi connectivity index (χ0v) is 23.8. The van der Waals surface area contributed by atoms with Gasteiger partial charge in [-0.05, 0) is 49.0 Å². The normalized spacial score (nSPS) is 15.2. The van der Waals surface area contributed by atoms with Crippen molar-refractivity contribution in [3.05, 3.63) is 35.4 Å². The molecule has 0 spiro atoms. The van der Waals surface area contributed by atoms with Crippen molar-refractivity contribution in [3.63, 3.8) is 0 Å². The zero-order valence-electron chi connectivity index (χ0n) is 21.9. The van der Waals surface area contributed by atoms with Crippen molar-refractivity contribution in [1.82, 2.24) is 4.90 Å². The van der Waals surface area contributed by atoms with Crippen molar-refractivity contribution in [1.29, 1.82) is 0 Å². The summed E-state index contributed by atoms with van der Waals surface area (Å²) in [6.07, 6.45) is 0.231. The second-order valence-corrected chi connectivity index (χ2v) is 17.5. The van der Waals surface area contributed by atoms with Crippen molar-refractivity contribution in [3.8, 4) is 11.5 Å². The third kappa shape index (κ3) is 5.57. The van der Waals surface area contributed by atoms with E-state index in [2.05, 4.69) is 53.0 Å². The Labute approximate surface area is 206 Å². The third-order valence-electron chi connectivity index (χ3n) is 6.83. The van der Waals surface area contributed by atoms with Crippen LogP contribution in [0, 0.1) is 11.5 Å². The first kappa shape index (κ1) is 28.5. The Kier molecular flexibility index (Phi) is 9.91. The molecule has 0 aromatic heterocycles. The fourth-order valence-electron chi connectivity index (χ4n) is 5.22. The molecule has 1 aliphatic rings. The van der Waals surface area contributed by atoms with E-state index in [1.54, 1.807) is 38.1 Å². The van der Waals surface area contributed by atoms with Crippen LogP contribution < -0.4 is 0 Å². The van der Waals surface area contributed by atoms with E-state index in [0.717, 1.165) is 0 Å². The molecule has 0 saturated carbocycles. The van der Waals surface area contributed by atoms with Gasteiger partial charge < -0.3 is 9.05 Å². The molecule has 34 heavy (non-hydrogen) atoms. The molecule has 1 aromatic rings. The highest BCUT2D eigenvalue weighted by Gasteiger charge is 2.43. The van der Waals surface area contributed by atoms with E-state index in [9.17, 15) is 14.2 Å². The molecule has 0 N–H and O–H groups in total. The van der Waals surface area contributed by atoms with Gasteiger partial charge in [-0.25, -0.2) is 0 Å². The molecular weight excluding hydrogens is 465 g/mol. The van der Waals surface area contributed by atoms with Crippen LogP contribution in [0.1, 0.15) is 82.5 Å². The summed E-state index contributed by atoms with van der Waals surface area (Å²) < 4.78 is 25.1. The lowest BCUT2D eigenvalue weighted by molar-refractivity contribution is 0.0651. The number of carbonyl (C=O) groups is 2. The van der Waals surface area contributed by atoms with E-state index in [1.165, 1.54) is 4.90 Å². The maximum absolute atomic E-state index is 13.8. The van der Waals surface area contributed by atoms with Gasteiger partial charge in [-0.2, -0.15) is 0 Å². The summed E-state index contributed by atoms with van der Waals surface area (Å²) >= 11 is 0. The fourth-order valence-corrected chi connectivity index (χ4v) is 12.4. The summed E-state index contributed by atoms with van der Waals surface area (Å²) in [4.78, 5) is 26.9. The van der Waals surface area contributed by atoms with Crippen LogP contribution in [0.2, 0.25) is 16.6 Å². The lowest BCUT2D eigenvalue weighted by Crippen LogP contribution is -2.43. The van der Waals surface area contributed by atoms with Gasteiger partial charge in [0.1, 0.15) is 13.7 Å². The molecule has 0 saturated heterocycles. The summed E-state index contributed by atoms with van der Waals surface area (Å²) in [7, 11) is -5.67. The number of benzene rings is 1. The minimum absolute atomic E-state index is 0.107. The number of nitrogens with zero attached hydrogens (tertiary/aromatic N) is 1. The van der Waals surface area contributed by atoms with Crippen LogP contribution in [0.4, 0.5) is 0 Å². The highest BCUT2D eigenvalue weighted by Crippen LogP contribution is 2.54. The molecule has 1 aliphatic heterocycles. The van der Waals surface area contributed by atoms with Crippen LogP contribution in [0.25, 0.3) is 0 Å². The molecule has 0 fully saturated rings. The van der Waals surface area contributed by atoms with Crippen LogP contribution in [0.15, 0.2) is 24.3 Å². The topological polar surface area (TPSA) is 72.9 Å². The Morgan fingerprint density at radius 1 is 0.882 bits per heavy atom. The lowest BCUT2D eigenvalue weighted by Gasteiger charge is -2.38. The molecule has 1 atom stereocenters. The van der Waals surface area contributed by atoms with Crippen LogP contribution >= 0.6 is 7.60 Å².